The molecule has 0 fully saturated rings. The van der Waals surface area contributed by atoms with Crippen LogP contribution in [-0.4, -0.2) is 11.3 Å². The van der Waals surface area contributed by atoms with Crippen LogP contribution in [0.2, 0.25) is 0 Å². The highest BCUT2D eigenvalue weighted by Gasteiger charge is 2.00. The summed E-state index contributed by atoms with van der Waals surface area (Å²) in [6, 6.07) is 7.33. The smallest absolute Gasteiger partial charge is 0.225 e. The molecule has 3 nitrogen and oxygen atoms in total. The highest BCUT2D eigenvalue weighted by Crippen LogP contribution is 2.16. The molecule has 0 amide bonds. The van der Waals surface area contributed by atoms with E-state index >= 15 is 0 Å². The molecular weight excluding hydrogens is 190 g/mol. The molecule has 0 aliphatic carbocycles. The average molecular weight is 197 g/mol. The van der Waals surface area contributed by atoms with Crippen molar-refractivity contribution in [1.82, 2.24) is 4.98 Å². The molecule has 0 bridgehead atoms. The monoisotopic (exact) mass is 197 g/mol. The van der Waals surface area contributed by atoms with Crippen molar-refractivity contribution in [1.29, 1.82) is 0 Å². The first kappa shape index (κ1) is 9.22. The molecule has 72 valence electrons. The fraction of sp³-hybridized carbons (Fsp3) is 0. The molecule has 2 aromatic rings. The molecule has 0 N–H and O–H groups in total. The molecule has 0 aliphatic rings. The number of nitrogens with zero attached hydrogens (tertiary/aromatic N) is 1. The Morgan fingerprint density at radius 2 is 2.07 bits per heavy atom. The van der Waals surface area contributed by atoms with Gasteiger partial charge >= 0.3 is 0 Å². The van der Waals surface area contributed by atoms with Crippen molar-refractivity contribution in [3.8, 4) is 23.3 Å². The second kappa shape index (κ2) is 4.25. The number of carbonyl (C=O) groups is 1. The summed E-state index contributed by atoms with van der Waals surface area (Å²) in [5.41, 5.74) is 1.68. The fourth-order valence-electron chi connectivity index (χ4n) is 1.17. The molecule has 1 heterocycles. The van der Waals surface area contributed by atoms with Crippen LogP contribution in [0.1, 0.15) is 5.56 Å². The van der Waals surface area contributed by atoms with Gasteiger partial charge in [0.25, 0.3) is 0 Å². The van der Waals surface area contributed by atoms with E-state index < -0.39 is 0 Å². The number of benzene rings is 1. The Bertz CT molecular complexity index is 501. The van der Waals surface area contributed by atoms with Gasteiger partial charge in [0.2, 0.25) is 5.89 Å². The predicted molar refractivity (Wildman–Crippen MR) is 54.9 cm³/mol. The molecule has 0 aliphatic heterocycles. The summed E-state index contributed by atoms with van der Waals surface area (Å²) in [4.78, 5) is 14.1. The quantitative estimate of drug-likeness (QED) is 0.518. The molecule has 0 radical (unpaired) electrons. The standard InChI is InChI=1S/C12H7NO2/c14-8-1-2-10-3-5-11(6-4-10)12-13-7-9-15-12/h3-9H. The van der Waals surface area contributed by atoms with Gasteiger partial charge in [-0.1, -0.05) is 5.92 Å². The Kier molecular flexibility index (Phi) is 2.61. The van der Waals surface area contributed by atoms with Crippen molar-refractivity contribution in [2.75, 3.05) is 0 Å². The van der Waals surface area contributed by atoms with Gasteiger partial charge in [-0.3, -0.25) is 4.79 Å². The van der Waals surface area contributed by atoms with Crippen molar-refractivity contribution in [3.05, 3.63) is 42.3 Å². The molecular formula is C12H7NO2. The molecule has 1 aromatic heterocycles. The van der Waals surface area contributed by atoms with Crippen LogP contribution < -0.4 is 0 Å². The van der Waals surface area contributed by atoms with Gasteiger partial charge in [-0.25, -0.2) is 4.98 Å². The maximum absolute atomic E-state index is 10.0. The van der Waals surface area contributed by atoms with Crippen LogP contribution >= 0.6 is 0 Å². The minimum absolute atomic E-state index is 0.571. The zero-order chi connectivity index (χ0) is 10.5. The number of carbonyl (C=O) groups excluding carboxylic acids is 1. The van der Waals surface area contributed by atoms with Crippen LogP contribution in [0.5, 0.6) is 0 Å². The lowest BCUT2D eigenvalue weighted by atomic mass is 10.1. The SMILES string of the molecule is O=CC#Cc1ccc(-c2ncco2)cc1. The molecule has 0 spiro atoms. The zero-order valence-electron chi connectivity index (χ0n) is 7.81. The second-order valence-corrected chi connectivity index (χ2v) is 2.80. The minimum Gasteiger partial charge on any atom is -0.445 e. The van der Waals surface area contributed by atoms with E-state index in [0.29, 0.717) is 12.2 Å². The summed E-state index contributed by atoms with van der Waals surface area (Å²) in [7, 11) is 0. The first-order valence-corrected chi connectivity index (χ1v) is 4.35. The van der Waals surface area contributed by atoms with Crippen molar-refractivity contribution < 1.29 is 9.21 Å². The second-order valence-electron chi connectivity index (χ2n) is 2.80. The zero-order valence-corrected chi connectivity index (χ0v) is 7.81. The number of aldehydes is 1. The summed E-state index contributed by atoms with van der Waals surface area (Å²) in [6.45, 7) is 0. The highest BCUT2D eigenvalue weighted by atomic mass is 16.3. The van der Waals surface area contributed by atoms with Crippen LogP contribution in [0.3, 0.4) is 0 Å². The van der Waals surface area contributed by atoms with Crippen LogP contribution in [0.25, 0.3) is 11.5 Å². The summed E-state index contributed by atoms with van der Waals surface area (Å²) in [6.07, 6.45) is 3.69. The molecule has 3 heteroatoms. The Hall–Kier alpha value is -2.34. The number of aromatic nitrogens is 1. The van der Waals surface area contributed by atoms with Gasteiger partial charge < -0.3 is 4.42 Å². The normalized spacial score (nSPS) is 9.07. The molecule has 0 atom stereocenters. The van der Waals surface area contributed by atoms with Crippen LogP contribution in [0, 0.1) is 11.8 Å². The van der Waals surface area contributed by atoms with Gasteiger partial charge in [0.05, 0.1) is 6.20 Å². The number of rotatable bonds is 1. The Labute approximate surface area is 86.8 Å². The van der Waals surface area contributed by atoms with Gasteiger partial charge in [-0.2, -0.15) is 0 Å². The molecule has 1 aromatic carbocycles. The third kappa shape index (κ3) is 2.12. The summed E-state index contributed by atoms with van der Waals surface area (Å²) < 4.78 is 5.14. The van der Waals surface area contributed by atoms with E-state index in [1.165, 1.54) is 6.26 Å². The first-order valence-electron chi connectivity index (χ1n) is 4.35. The average Bonchev–Trinajstić information content (AvgIpc) is 2.80. The van der Waals surface area contributed by atoms with Crippen molar-refractivity contribution >= 4 is 6.29 Å². The third-order valence-electron chi connectivity index (χ3n) is 1.84. The summed E-state index contributed by atoms with van der Waals surface area (Å²) in [5.74, 6) is 5.62. The molecule has 0 saturated heterocycles. The van der Waals surface area contributed by atoms with E-state index in [4.69, 9.17) is 4.42 Å². The molecule has 0 saturated carbocycles. The lowest BCUT2D eigenvalue weighted by molar-refractivity contribution is -0.103. The van der Waals surface area contributed by atoms with Gasteiger partial charge in [-0.15, -0.1) is 0 Å². The molecule has 15 heavy (non-hydrogen) atoms. The van der Waals surface area contributed by atoms with Crippen LogP contribution in [-0.2, 0) is 4.79 Å². The van der Waals surface area contributed by atoms with E-state index in [1.807, 2.05) is 24.3 Å². The molecule has 2 rings (SSSR count). The van der Waals surface area contributed by atoms with E-state index in [1.54, 1.807) is 6.20 Å². The Morgan fingerprint density at radius 1 is 1.27 bits per heavy atom. The van der Waals surface area contributed by atoms with Crippen molar-refractivity contribution in [3.63, 3.8) is 0 Å². The van der Waals surface area contributed by atoms with Gasteiger partial charge in [0, 0.05) is 11.1 Å². The fourth-order valence-corrected chi connectivity index (χ4v) is 1.17. The third-order valence-corrected chi connectivity index (χ3v) is 1.84. The van der Waals surface area contributed by atoms with Gasteiger partial charge in [0.1, 0.15) is 6.26 Å². The maximum Gasteiger partial charge on any atom is 0.225 e. The van der Waals surface area contributed by atoms with Gasteiger partial charge in [0.15, 0.2) is 6.29 Å². The summed E-state index contributed by atoms with van der Waals surface area (Å²) in [5, 5.41) is 0. The topological polar surface area (TPSA) is 43.1 Å². The van der Waals surface area contributed by atoms with Crippen molar-refractivity contribution in [2.24, 2.45) is 0 Å². The van der Waals surface area contributed by atoms with E-state index in [9.17, 15) is 4.79 Å². The largest absolute Gasteiger partial charge is 0.445 e. The number of hydrogen-bond donors (Lipinski definition) is 0. The number of hydrogen-bond acceptors (Lipinski definition) is 3. The number of oxazole rings is 1. The lowest BCUT2D eigenvalue weighted by Gasteiger charge is -1.94. The Balaban J connectivity index is 2.28. The summed E-state index contributed by atoms with van der Waals surface area (Å²) >= 11 is 0. The van der Waals surface area contributed by atoms with E-state index in [-0.39, 0.29) is 0 Å². The van der Waals surface area contributed by atoms with Crippen LogP contribution in [0.15, 0.2) is 41.1 Å². The van der Waals surface area contributed by atoms with Crippen LogP contribution in [0.4, 0.5) is 0 Å². The lowest BCUT2D eigenvalue weighted by Crippen LogP contribution is -1.78. The minimum atomic E-state index is 0.571. The molecule has 0 unspecified atom stereocenters. The van der Waals surface area contributed by atoms with Gasteiger partial charge in [-0.05, 0) is 30.2 Å². The van der Waals surface area contributed by atoms with E-state index in [2.05, 4.69) is 16.8 Å². The highest BCUT2D eigenvalue weighted by molar-refractivity contribution is 5.74. The maximum atomic E-state index is 10.0. The van der Waals surface area contributed by atoms with E-state index in [0.717, 1.165) is 11.1 Å². The Morgan fingerprint density at radius 3 is 2.67 bits per heavy atom. The predicted octanol–water partition coefficient (Wildman–Crippen LogP) is 1.89. The first-order chi connectivity index (χ1) is 7.40. The van der Waals surface area contributed by atoms with Crippen molar-refractivity contribution in [2.45, 2.75) is 0 Å².